The molecule has 0 aliphatic carbocycles. The van der Waals surface area contributed by atoms with E-state index in [1.807, 2.05) is 12.1 Å². The third-order valence-corrected chi connectivity index (χ3v) is 4.76. The van der Waals surface area contributed by atoms with Crippen molar-refractivity contribution in [2.24, 2.45) is 5.73 Å². The first kappa shape index (κ1) is 18.0. The lowest BCUT2D eigenvalue weighted by Gasteiger charge is -2.30. The van der Waals surface area contributed by atoms with Gasteiger partial charge in [0.05, 0.1) is 25.9 Å². The first-order valence-corrected chi connectivity index (χ1v) is 8.96. The highest BCUT2D eigenvalue weighted by Crippen LogP contribution is 2.13. The Kier molecular flexibility index (Phi) is 5.91. The second kappa shape index (κ2) is 8.53. The Hall–Kier alpha value is -2.80. The molecule has 7 nitrogen and oxygen atoms in total. The Balaban J connectivity index is 1.62. The van der Waals surface area contributed by atoms with E-state index in [0.29, 0.717) is 17.8 Å². The largest absolute Gasteiger partial charge is 0.463 e. The van der Waals surface area contributed by atoms with Gasteiger partial charge in [-0.3, -0.25) is 4.79 Å². The van der Waals surface area contributed by atoms with Crippen LogP contribution in [0.2, 0.25) is 0 Å². The van der Waals surface area contributed by atoms with Crippen LogP contribution < -0.4 is 21.3 Å². The summed E-state index contributed by atoms with van der Waals surface area (Å²) in [6.07, 6.45) is 5.36. The maximum Gasteiger partial charge on any atom is 0.316 e. The molecule has 2 heterocycles. The molecule has 0 saturated carbocycles. The molecule has 2 aromatic rings. The molecule has 0 spiro atoms. The lowest BCUT2D eigenvalue weighted by atomic mass is 10.1. The summed E-state index contributed by atoms with van der Waals surface area (Å²) in [6.45, 7) is 2.70. The number of likely N-dealkylation sites (tertiary alicyclic amines) is 1. The van der Waals surface area contributed by atoms with Gasteiger partial charge in [0.1, 0.15) is 0 Å². The van der Waals surface area contributed by atoms with Crippen LogP contribution in [0.15, 0.2) is 47.1 Å². The van der Waals surface area contributed by atoms with Crippen molar-refractivity contribution in [2.75, 3.05) is 25.0 Å². The smallest absolute Gasteiger partial charge is 0.316 e. The molecule has 0 bridgehead atoms. The number of carbonyl (C=O) groups is 2. The number of anilines is 1. The second-order valence-corrected chi connectivity index (χ2v) is 6.56. The predicted molar refractivity (Wildman–Crippen MR) is 98.0 cm³/mol. The molecule has 7 heteroatoms. The molecule has 1 aromatic carbocycles. The number of nitrogens with one attached hydrogen (secondary N) is 3. The lowest BCUT2D eigenvalue weighted by Crippen LogP contribution is -3.13. The quantitative estimate of drug-likeness (QED) is 0.627. The number of carbonyl (C=O) groups excluding carboxylic acids is 2. The number of nitrogens with two attached hydrogens (primary N) is 1. The van der Waals surface area contributed by atoms with Gasteiger partial charge in [0.2, 0.25) is 0 Å². The van der Waals surface area contributed by atoms with Crippen LogP contribution in [0.1, 0.15) is 41.4 Å². The van der Waals surface area contributed by atoms with Gasteiger partial charge in [0, 0.05) is 11.3 Å². The van der Waals surface area contributed by atoms with Crippen molar-refractivity contribution in [3.05, 3.63) is 54.0 Å². The van der Waals surface area contributed by atoms with Gasteiger partial charge in [-0.25, -0.2) is 4.79 Å². The zero-order valence-corrected chi connectivity index (χ0v) is 14.7. The van der Waals surface area contributed by atoms with E-state index in [-0.39, 0.29) is 11.9 Å². The van der Waals surface area contributed by atoms with Gasteiger partial charge in [-0.2, -0.15) is 0 Å². The maximum absolute atomic E-state index is 12.5. The van der Waals surface area contributed by atoms with Crippen LogP contribution in [0, 0.1) is 0 Å². The molecule has 1 atom stereocenters. The Bertz CT molecular complexity index is 722. The third kappa shape index (κ3) is 4.64. The van der Waals surface area contributed by atoms with E-state index in [4.69, 9.17) is 10.2 Å². The number of rotatable bonds is 6. The van der Waals surface area contributed by atoms with Crippen molar-refractivity contribution in [1.29, 1.82) is 0 Å². The van der Waals surface area contributed by atoms with Gasteiger partial charge in [-0.05, 0) is 55.7 Å². The fourth-order valence-corrected chi connectivity index (χ4v) is 3.43. The number of hydrogen-bond donors (Lipinski definition) is 4. The molecular formula is C19H25N4O3+. The van der Waals surface area contributed by atoms with Crippen LogP contribution in [-0.2, 0) is 0 Å². The van der Waals surface area contributed by atoms with E-state index < -0.39 is 6.03 Å². The van der Waals surface area contributed by atoms with E-state index in [9.17, 15) is 9.59 Å². The summed E-state index contributed by atoms with van der Waals surface area (Å²) in [6, 6.07) is 9.98. The van der Waals surface area contributed by atoms with Gasteiger partial charge in [-0.15, -0.1) is 0 Å². The summed E-state index contributed by atoms with van der Waals surface area (Å²) in [5.74, 6) is 0.756. The van der Waals surface area contributed by atoms with Gasteiger partial charge in [0.15, 0.2) is 11.8 Å². The van der Waals surface area contributed by atoms with Crippen molar-refractivity contribution < 1.29 is 18.9 Å². The molecule has 5 N–H and O–H groups in total. The molecule has 1 aliphatic rings. The van der Waals surface area contributed by atoms with E-state index >= 15 is 0 Å². The van der Waals surface area contributed by atoms with E-state index in [1.165, 1.54) is 24.2 Å². The molecule has 1 saturated heterocycles. The fourth-order valence-electron chi connectivity index (χ4n) is 3.43. The van der Waals surface area contributed by atoms with E-state index in [2.05, 4.69) is 10.6 Å². The molecular weight excluding hydrogens is 332 g/mol. The second-order valence-electron chi connectivity index (χ2n) is 6.56. The molecule has 3 amide bonds. The Morgan fingerprint density at radius 3 is 2.46 bits per heavy atom. The van der Waals surface area contributed by atoms with Crippen molar-refractivity contribution in [3.63, 3.8) is 0 Å². The molecule has 26 heavy (non-hydrogen) atoms. The minimum atomic E-state index is -0.631. The number of primary amides is 1. The number of piperidine rings is 1. The van der Waals surface area contributed by atoms with Crippen molar-refractivity contribution in [1.82, 2.24) is 5.32 Å². The number of amides is 3. The monoisotopic (exact) mass is 357 g/mol. The SMILES string of the molecule is NC(=O)Nc1ccc(C(=O)NC[C@H](c2ccco2)[NH+]2CCCCC2)cc1. The molecule has 0 radical (unpaired) electrons. The molecule has 1 fully saturated rings. The zero-order chi connectivity index (χ0) is 18.4. The third-order valence-electron chi connectivity index (χ3n) is 4.76. The minimum Gasteiger partial charge on any atom is -0.463 e. The molecule has 1 aromatic heterocycles. The van der Waals surface area contributed by atoms with Gasteiger partial charge >= 0.3 is 6.03 Å². The van der Waals surface area contributed by atoms with Crippen molar-refractivity contribution in [3.8, 4) is 0 Å². The number of quaternary nitrogens is 1. The van der Waals surface area contributed by atoms with Crippen LogP contribution in [0.4, 0.5) is 10.5 Å². The van der Waals surface area contributed by atoms with Gasteiger partial charge < -0.3 is 25.7 Å². The average molecular weight is 357 g/mol. The summed E-state index contributed by atoms with van der Waals surface area (Å²) in [5, 5.41) is 5.49. The molecule has 1 aliphatic heterocycles. The minimum absolute atomic E-state index is 0.116. The highest BCUT2D eigenvalue weighted by molar-refractivity contribution is 5.95. The molecule has 0 unspecified atom stereocenters. The van der Waals surface area contributed by atoms with Crippen LogP contribution in [0.5, 0.6) is 0 Å². The highest BCUT2D eigenvalue weighted by atomic mass is 16.3. The standard InChI is InChI=1S/C19H24N4O3/c20-19(25)22-15-8-6-14(7-9-15)18(24)21-13-16(17-5-4-12-26-17)23-10-2-1-3-11-23/h4-9,12,16H,1-3,10-11,13H2,(H,21,24)(H3,20,22,25)/p+1/t16-/m1/s1. The first-order valence-electron chi connectivity index (χ1n) is 8.96. The summed E-state index contributed by atoms with van der Waals surface area (Å²) >= 11 is 0. The number of urea groups is 1. The lowest BCUT2D eigenvalue weighted by molar-refractivity contribution is -0.936. The molecule has 3 rings (SSSR count). The Morgan fingerprint density at radius 2 is 1.85 bits per heavy atom. The van der Waals surface area contributed by atoms with E-state index in [1.54, 1.807) is 30.5 Å². The first-order chi connectivity index (χ1) is 12.6. The average Bonchev–Trinajstić information content (AvgIpc) is 3.17. The number of benzene rings is 1. The molecule has 138 valence electrons. The van der Waals surface area contributed by atoms with Crippen LogP contribution in [0.3, 0.4) is 0 Å². The maximum atomic E-state index is 12.5. The zero-order valence-electron chi connectivity index (χ0n) is 14.7. The van der Waals surface area contributed by atoms with Crippen LogP contribution in [-0.4, -0.2) is 31.6 Å². The van der Waals surface area contributed by atoms with Crippen molar-refractivity contribution in [2.45, 2.75) is 25.3 Å². The van der Waals surface area contributed by atoms with E-state index in [0.717, 1.165) is 18.8 Å². The number of hydrogen-bond acceptors (Lipinski definition) is 3. The Labute approximate surface area is 152 Å². The predicted octanol–water partition coefficient (Wildman–Crippen LogP) is 1.31. The Morgan fingerprint density at radius 1 is 1.12 bits per heavy atom. The van der Waals surface area contributed by atoms with Gasteiger partial charge in [0.25, 0.3) is 5.91 Å². The van der Waals surface area contributed by atoms with Crippen molar-refractivity contribution >= 4 is 17.6 Å². The van der Waals surface area contributed by atoms with Crippen LogP contribution in [0.25, 0.3) is 0 Å². The topological polar surface area (TPSA) is 102 Å². The summed E-state index contributed by atoms with van der Waals surface area (Å²) in [4.78, 5) is 24.8. The summed E-state index contributed by atoms with van der Waals surface area (Å²) < 4.78 is 5.62. The summed E-state index contributed by atoms with van der Waals surface area (Å²) in [5.41, 5.74) is 6.17. The fraction of sp³-hybridized carbons (Fsp3) is 0.368. The normalized spacial score (nSPS) is 16.0. The highest BCUT2D eigenvalue weighted by Gasteiger charge is 2.28. The number of furan rings is 1. The van der Waals surface area contributed by atoms with Gasteiger partial charge in [-0.1, -0.05) is 0 Å². The summed E-state index contributed by atoms with van der Waals surface area (Å²) in [7, 11) is 0. The van der Waals surface area contributed by atoms with Crippen LogP contribution >= 0.6 is 0 Å².